The van der Waals surface area contributed by atoms with Gasteiger partial charge in [-0.3, -0.25) is 9.59 Å². The quantitative estimate of drug-likeness (QED) is 0.924. The van der Waals surface area contributed by atoms with Gasteiger partial charge in [-0.1, -0.05) is 0 Å². The van der Waals surface area contributed by atoms with E-state index in [1.807, 2.05) is 30.2 Å². The van der Waals surface area contributed by atoms with Crippen molar-refractivity contribution in [2.75, 3.05) is 11.9 Å². The second kappa shape index (κ2) is 5.33. The van der Waals surface area contributed by atoms with Gasteiger partial charge < -0.3 is 14.8 Å². The van der Waals surface area contributed by atoms with Crippen LogP contribution in [0.3, 0.4) is 0 Å². The molecule has 6 nitrogen and oxygen atoms in total. The Balaban J connectivity index is 1.79. The van der Waals surface area contributed by atoms with Gasteiger partial charge in [-0.15, -0.1) is 11.3 Å². The highest BCUT2D eigenvalue weighted by Crippen LogP contribution is 2.27. The lowest BCUT2D eigenvalue weighted by Gasteiger charge is -2.34. The van der Waals surface area contributed by atoms with Crippen LogP contribution in [-0.4, -0.2) is 32.8 Å². The third-order valence-electron chi connectivity index (χ3n) is 3.61. The molecule has 0 saturated carbocycles. The highest BCUT2D eigenvalue weighted by Gasteiger charge is 2.29. The molecule has 1 unspecified atom stereocenters. The first-order chi connectivity index (χ1) is 10.1. The van der Waals surface area contributed by atoms with Crippen molar-refractivity contribution >= 4 is 28.3 Å². The lowest BCUT2D eigenvalue weighted by Crippen LogP contribution is -2.40. The Hall–Kier alpha value is -2.15. The monoisotopic (exact) mass is 304 g/mol. The maximum absolute atomic E-state index is 12.6. The van der Waals surface area contributed by atoms with Gasteiger partial charge in [0.15, 0.2) is 5.13 Å². The first kappa shape index (κ1) is 13.8. The average Bonchev–Trinajstić information content (AvgIpc) is 3.06. The number of fused-ring (bicyclic) bond motifs is 1. The van der Waals surface area contributed by atoms with E-state index in [1.165, 1.54) is 18.3 Å². The van der Waals surface area contributed by atoms with E-state index < -0.39 is 0 Å². The molecule has 1 N–H and O–H groups in total. The van der Waals surface area contributed by atoms with Crippen LogP contribution < -0.4 is 5.32 Å². The molecule has 1 aliphatic rings. The lowest BCUT2D eigenvalue weighted by atomic mass is 10.1. The van der Waals surface area contributed by atoms with E-state index in [0.717, 1.165) is 12.2 Å². The Kier molecular flexibility index (Phi) is 3.50. The average molecular weight is 304 g/mol. The van der Waals surface area contributed by atoms with Crippen LogP contribution in [-0.2, 0) is 11.3 Å². The van der Waals surface area contributed by atoms with E-state index in [1.54, 1.807) is 5.38 Å². The first-order valence-corrected chi connectivity index (χ1v) is 7.63. The molecule has 7 heteroatoms. The summed E-state index contributed by atoms with van der Waals surface area (Å²) in [5.41, 5.74) is 1.52. The van der Waals surface area contributed by atoms with Crippen molar-refractivity contribution in [2.45, 2.75) is 26.4 Å². The van der Waals surface area contributed by atoms with Crippen molar-refractivity contribution in [3.8, 4) is 0 Å². The largest absolute Gasteiger partial charge is 0.348 e. The molecule has 0 aliphatic carbocycles. The molecular formula is C14H16N4O2S. The van der Waals surface area contributed by atoms with Gasteiger partial charge in [-0.05, 0) is 19.1 Å². The number of aromatic nitrogens is 2. The van der Waals surface area contributed by atoms with Crippen molar-refractivity contribution in [2.24, 2.45) is 0 Å². The molecule has 0 saturated heterocycles. The number of hydrogen-bond donors (Lipinski definition) is 1. The molecule has 2 amide bonds. The van der Waals surface area contributed by atoms with Crippen LogP contribution in [0, 0.1) is 0 Å². The molecule has 0 radical (unpaired) electrons. The van der Waals surface area contributed by atoms with Gasteiger partial charge in [0.05, 0.1) is 6.04 Å². The summed E-state index contributed by atoms with van der Waals surface area (Å²) in [5.74, 6) is -0.282. The Bertz CT molecular complexity index is 691. The van der Waals surface area contributed by atoms with E-state index in [9.17, 15) is 9.59 Å². The minimum atomic E-state index is -0.187. The summed E-state index contributed by atoms with van der Waals surface area (Å²) in [6, 6.07) is 4.05. The molecule has 21 heavy (non-hydrogen) atoms. The zero-order chi connectivity index (χ0) is 15.0. The molecule has 0 spiro atoms. The number of carbonyl (C=O) groups is 2. The van der Waals surface area contributed by atoms with Crippen LogP contribution in [0.25, 0.3) is 0 Å². The molecule has 110 valence electrons. The summed E-state index contributed by atoms with van der Waals surface area (Å²) < 4.78 is 2.16. The van der Waals surface area contributed by atoms with Gasteiger partial charge in [-0.25, -0.2) is 4.98 Å². The first-order valence-electron chi connectivity index (χ1n) is 6.75. The number of nitrogens with one attached hydrogen (secondary N) is 1. The molecule has 3 rings (SSSR count). The van der Waals surface area contributed by atoms with E-state index in [-0.39, 0.29) is 17.9 Å². The molecule has 1 atom stereocenters. The van der Waals surface area contributed by atoms with E-state index >= 15 is 0 Å². The number of anilines is 1. The number of nitrogens with zero attached hydrogens (tertiary/aromatic N) is 3. The Morgan fingerprint density at radius 3 is 3.00 bits per heavy atom. The number of carbonyl (C=O) groups excluding carboxylic acids is 2. The fourth-order valence-corrected chi connectivity index (χ4v) is 3.31. The van der Waals surface area contributed by atoms with Gasteiger partial charge in [0, 0.05) is 37.3 Å². The molecule has 3 heterocycles. The van der Waals surface area contributed by atoms with Gasteiger partial charge >= 0.3 is 0 Å². The van der Waals surface area contributed by atoms with Crippen LogP contribution >= 0.6 is 11.3 Å². The van der Waals surface area contributed by atoms with Crippen molar-refractivity contribution in [1.82, 2.24) is 14.5 Å². The SMILES string of the molecule is CC(=O)Nc1nc(C(=O)N2CCn3cccc3C2C)cs1. The van der Waals surface area contributed by atoms with E-state index in [4.69, 9.17) is 0 Å². The van der Waals surface area contributed by atoms with Crippen molar-refractivity contribution in [1.29, 1.82) is 0 Å². The van der Waals surface area contributed by atoms with Crippen molar-refractivity contribution in [3.05, 3.63) is 35.1 Å². The highest BCUT2D eigenvalue weighted by molar-refractivity contribution is 7.14. The van der Waals surface area contributed by atoms with Crippen LogP contribution in [0.4, 0.5) is 5.13 Å². The third-order valence-corrected chi connectivity index (χ3v) is 4.37. The predicted octanol–water partition coefficient (Wildman–Crippen LogP) is 2.12. The second-order valence-corrected chi connectivity index (χ2v) is 5.88. The summed E-state index contributed by atoms with van der Waals surface area (Å²) in [5, 5.41) is 4.75. The Morgan fingerprint density at radius 2 is 2.24 bits per heavy atom. The maximum atomic E-state index is 12.6. The van der Waals surface area contributed by atoms with E-state index in [2.05, 4.69) is 14.9 Å². The summed E-state index contributed by atoms with van der Waals surface area (Å²) >= 11 is 1.26. The normalized spacial score (nSPS) is 17.4. The second-order valence-electron chi connectivity index (χ2n) is 5.02. The molecule has 0 fully saturated rings. The fraction of sp³-hybridized carbons (Fsp3) is 0.357. The molecule has 2 aromatic rings. The number of thiazole rings is 1. The topological polar surface area (TPSA) is 67.2 Å². The summed E-state index contributed by atoms with van der Waals surface area (Å²) in [6.45, 7) is 4.89. The van der Waals surface area contributed by atoms with Crippen molar-refractivity contribution in [3.63, 3.8) is 0 Å². The van der Waals surface area contributed by atoms with Crippen LogP contribution in [0.1, 0.15) is 36.1 Å². The Labute approximate surface area is 126 Å². The molecule has 0 aromatic carbocycles. The van der Waals surface area contributed by atoms with Gasteiger partial charge in [0.2, 0.25) is 5.91 Å². The van der Waals surface area contributed by atoms with E-state index in [0.29, 0.717) is 17.4 Å². The highest BCUT2D eigenvalue weighted by atomic mass is 32.1. The minimum Gasteiger partial charge on any atom is -0.348 e. The molecule has 1 aliphatic heterocycles. The number of hydrogen-bond acceptors (Lipinski definition) is 4. The lowest BCUT2D eigenvalue weighted by molar-refractivity contribution is -0.114. The van der Waals surface area contributed by atoms with Gasteiger partial charge in [-0.2, -0.15) is 0 Å². The predicted molar refractivity (Wildman–Crippen MR) is 80.3 cm³/mol. The number of rotatable bonds is 2. The standard InChI is InChI=1S/C14H16N4O2S/c1-9-12-4-3-5-17(12)6-7-18(9)13(20)11-8-21-14(16-11)15-10(2)19/h3-5,8-9H,6-7H2,1-2H3,(H,15,16,19). The van der Waals surface area contributed by atoms with Crippen LogP contribution in [0.15, 0.2) is 23.7 Å². The third kappa shape index (κ3) is 2.56. The van der Waals surface area contributed by atoms with Crippen LogP contribution in [0.5, 0.6) is 0 Å². The minimum absolute atomic E-state index is 0.0205. The Morgan fingerprint density at radius 1 is 1.43 bits per heavy atom. The zero-order valence-corrected chi connectivity index (χ0v) is 12.7. The van der Waals surface area contributed by atoms with Crippen LogP contribution in [0.2, 0.25) is 0 Å². The molecular weight excluding hydrogens is 288 g/mol. The maximum Gasteiger partial charge on any atom is 0.274 e. The summed E-state index contributed by atoms with van der Waals surface area (Å²) in [7, 11) is 0. The zero-order valence-electron chi connectivity index (χ0n) is 11.9. The van der Waals surface area contributed by atoms with Crippen molar-refractivity contribution < 1.29 is 9.59 Å². The fourth-order valence-electron chi connectivity index (χ4n) is 2.58. The summed E-state index contributed by atoms with van der Waals surface area (Å²) in [6.07, 6.45) is 2.03. The number of amides is 2. The summed E-state index contributed by atoms with van der Waals surface area (Å²) in [4.78, 5) is 29.6. The molecule has 0 bridgehead atoms. The molecule has 2 aromatic heterocycles. The van der Waals surface area contributed by atoms with Gasteiger partial charge in [0.1, 0.15) is 5.69 Å². The van der Waals surface area contributed by atoms with Gasteiger partial charge in [0.25, 0.3) is 5.91 Å². The smallest absolute Gasteiger partial charge is 0.274 e.